The van der Waals surface area contributed by atoms with E-state index in [0.29, 0.717) is 0 Å². The molecule has 3 rings (SSSR count). The lowest BCUT2D eigenvalue weighted by Crippen LogP contribution is -2.53. The summed E-state index contributed by atoms with van der Waals surface area (Å²) < 4.78 is 22.7. The fraction of sp³-hybridized carbons (Fsp3) is 0.400. The van der Waals surface area contributed by atoms with Gasteiger partial charge in [0.1, 0.15) is 0 Å². The summed E-state index contributed by atoms with van der Waals surface area (Å²) in [5, 5.41) is 14.1. The van der Waals surface area contributed by atoms with Crippen molar-refractivity contribution in [2.75, 3.05) is 5.75 Å². The van der Waals surface area contributed by atoms with E-state index in [1.165, 1.54) is 5.41 Å². The minimum absolute atomic E-state index is 0.113. The number of rotatable bonds is 3. The van der Waals surface area contributed by atoms with Gasteiger partial charge in [0.15, 0.2) is 9.84 Å². The molecule has 1 unspecified atom stereocenters. The molecule has 1 saturated carbocycles. The Morgan fingerprint density at radius 1 is 1.25 bits per heavy atom. The summed E-state index contributed by atoms with van der Waals surface area (Å²) in [6.07, 6.45) is 3.17. The second kappa shape index (κ2) is 4.72. The summed E-state index contributed by atoms with van der Waals surface area (Å²) in [5.74, 6) is 0.133. The van der Waals surface area contributed by atoms with Crippen LogP contribution in [0.2, 0.25) is 0 Å². The largest absolute Gasteiger partial charge is 0.307 e. The van der Waals surface area contributed by atoms with Gasteiger partial charge in [-0.25, -0.2) is 8.42 Å². The van der Waals surface area contributed by atoms with Crippen LogP contribution in [0.3, 0.4) is 0 Å². The molecule has 0 aromatic heterocycles. The average Bonchev–Trinajstić information content (AvgIpc) is 2.74. The van der Waals surface area contributed by atoms with Crippen molar-refractivity contribution in [3.8, 4) is 6.07 Å². The second-order valence-corrected chi connectivity index (χ2v) is 7.53. The molecule has 4 nitrogen and oxygen atoms in total. The summed E-state index contributed by atoms with van der Waals surface area (Å²) in [6, 6.07) is 12.3. The third-order valence-electron chi connectivity index (χ3n) is 4.11. The fourth-order valence-corrected chi connectivity index (χ4v) is 4.28. The molecular formula is C15H16N2O2S. The highest BCUT2D eigenvalue weighted by molar-refractivity contribution is 7.94. The smallest absolute Gasteiger partial charge is 0.173 e. The molecule has 1 fully saturated rings. The molecule has 1 aliphatic carbocycles. The number of nitriles is 1. The average molecular weight is 288 g/mol. The second-order valence-electron chi connectivity index (χ2n) is 5.60. The van der Waals surface area contributed by atoms with Crippen molar-refractivity contribution >= 4 is 9.84 Å². The summed E-state index contributed by atoms with van der Waals surface area (Å²) in [4.78, 5) is 0. The van der Waals surface area contributed by atoms with Crippen LogP contribution in [0.25, 0.3) is 0 Å². The highest BCUT2D eigenvalue weighted by atomic mass is 32.2. The molecule has 1 atom stereocenters. The van der Waals surface area contributed by atoms with Gasteiger partial charge in [0.2, 0.25) is 0 Å². The monoisotopic (exact) mass is 288 g/mol. The maximum atomic E-state index is 11.4. The Hall–Kier alpha value is -1.64. The zero-order valence-electron chi connectivity index (χ0n) is 11.0. The third-order valence-corrected chi connectivity index (χ3v) is 5.51. The molecule has 1 aliphatic heterocycles. The lowest BCUT2D eigenvalue weighted by Gasteiger charge is -2.44. The molecule has 0 amide bonds. The van der Waals surface area contributed by atoms with E-state index in [2.05, 4.69) is 11.4 Å². The van der Waals surface area contributed by atoms with E-state index in [1.54, 1.807) is 6.08 Å². The van der Waals surface area contributed by atoms with Crippen LogP contribution in [0.5, 0.6) is 0 Å². The molecule has 2 aliphatic rings. The van der Waals surface area contributed by atoms with Gasteiger partial charge in [0, 0.05) is 17.5 Å². The van der Waals surface area contributed by atoms with E-state index in [0.717, 1.165) is 18.4 Å². The van der Waals surface area contributed by atoms with Gasteiger partial charge in [-0.3, -0.25) is 0 Å². The number of nitrogens with one attached hydrogen (secondary N) is 1. The van der Waals surface area contributed by atoms with E-state index < -0.39 is 15.3 Å². The topological polar surface area (TPSA) is 70.0 Å². The Balaban J connectivity index is 1.64. The maximum absolute atomic E-state index is 11.4. The molecule has 1 aromatic rings. The Labute approximate surface area is 119 Å². The standard InChI is InChI=1S/C15H16N2O2S/c16-11-15(12-4-2-1-3-5-12)8-14(9-15)17-13-6-7-20(18,19)10-13/h1-7,13-14,17H,8-10H2. The first-order valence-electron chi connectivity index (χ1n) is 6.67. The van der Waals surface area contributed by atoms with Crippen LogP contribution in [0.4, 0.5) is 0 Å². The summed E-state index contributed by atoms with van der Waals surface area (Å²) in [7, 11) is -3.02. The van der Waals surface area contributed by atoms with Gasteiger partial charge in [-0.1, -0.05) is 36.4 Å². The van der Waals surface area contributed by atoms with Crippen molar-refractivity contribution in [1.82, 2.24) is 5.32 Å². The lowest BCUT2D eigenvalue weighted by molar-refractivity contribution is 0.221. The normalized spacial score (nSPS) is 34.4. The number of benzene rings is 1. The van der Waals surface area contributed by atoms with Crippen molar-refractivity contribution in [3.05, 3.63) is 47.4 Å². The molecule has 0 radical (unpaired) electrons. The predicted octanol–water partition coefficient (Wildman–Crippen LogP) is 1.51. The van der Waals surface area contributed by atoms with Crippen LogP contribution in [0.15, 0.2) is 41.8 Å². The van der Waals surface area contributed by atoms with Crippen molar-refractivity contribution in [1.29, 1.82) is 5.26 Å². The predicted molar refractivity (Wildman–Crippen MR) is 76.6 cm³/mol. The fourth-order valence-electron chi connectivity index (χ4n) is 3.03. The van der Waals surface area contributed by atoms with Gasteiger partial charge < -0.3 is 5.32 Å². The highest BCUT2D eigenvalue weighted by Crippen LogP contribution is 2.43. The first-order chi connectivity index (χ1) is 9.53. The molecule has 1 aromatic carbocycles. The van der Waals surface area contributed by atoms with Crippen LogP contribution < -0.4 is 5.32 Å². The van der Waals surface area contributed by atoms with Crippen LogP contribution >= 0.6 is 0 Å². The van der Waals surface area contributed by atoms with Crippen molar-refractivity contribution in [2.24, 2.45) is 0 Å². The zero-order valence-corrected chi connectivity index (χ0v) is 11.8. The van der Waals surface area contributed by atoms with E-state index in [1.807, 2.05) is 30.3 Å². The van der Waals surface area contributed by atoms with E-state index in [4.69, 9.17) is 0 Å². The Kier molecular flexibility index (Phi) is 3.15. The molecule has 104 valence electrons. The zero-order chi connectivity index (χ0) is 14.2. The van der Waals surface area contributed by atoms with Crippen molar-refractivity contribution < 1.29 is 8.42 Å². The van der Waals surface area contributed by atoms with Crippen molar-refractivity contribution in [3.63, 3.8) is 0 Å². The lowest BCUT2D eigenvalue weighted by atomic mass is 9.62. The molecular weight excluding hydrogens is 272 g/mol. The number of sulfone groups is 1. The molecule has 5 heteroatoms. The van der Waals surface area contributed by atoms with E-state index >= 15 is 0 Å². The van der Waals surface area contributed by atoms with Crippen LogP contribution in [-0.4, -0.2) is 26.3 Å². The minimum Gasteiger partial charge on any atom is -0.307 e. The summed E-state index contributed by atoms with van der Waals surface area (Å²) in [5.41, 5.74) is 0.635. The van der Waals surface area contributed by atoms with Crippen molar-refractivity contribution in [2.45, 2.75) is 30.3 Å². The van der Waals surface area contributed by atoms with Gasteiger partial charge in [0.05, 0.1) is 17.2 Å². The minimum atomic E-state index is -3.02. The van der Waals surface area contributed by atoms with Gasteiger partial charge in [-0.2, -0.15) is 5.26 Å². The molecule has 0 saturated heterocycles. The van der Waals surface area contributed by atoms with E-state index in [9.17, 15) is 13.7 Å². The highest BCUT2D eigenvalue weighted by Gasteiger charge is 2.46. The molecule has 0 spiro atoms. The SMILES string of the molecule is N#CC1(c2ccccc2)CC(NC2C=CS(=O)(=O)C2)C1. The Bertz CT molecular complexity index is 668. The Morgan fingerprint density at radius 3 is 2.50 bits per heavy atom. The molecule has 1 N–H and O–H groups in total. The molecule has 1 heterocycles. The number of hydrogen-bond acceptors (Lipinski definition) is 4. The summed E-state index contributed by atoms with van der Waals surface area (Å²) >= 11 is 0. The maximum Gasteiger partial charge on any atom is 0.173 e. The summed E-state index contributed by atoms with van der Waals surface area (Å²) in [6.45, 7) is 0. The van der Waals surface area contributed by atoms with Gasteiger partial charge in [0.25, 0.3) is 0 Å². The first kappa shape index (κ1) is 13.3. The Morgan fingerprint density at radius 2 is 1.95 bits per heavy atom. The molecule has 20 heavy (non-hydrogen) atoms. The van der Waals surface area contributed by atoms with Gasteiger partial charge in [-0.15, -0.1) is 0 Å². The quantitative estimate of drug-likeness (QED) is 0.915. The van der Waals surface area contributed by atoms with Crippen LogP contribution in [0, 0.1) is 11.3 Å². The van der Waals surface area contributed by atoms with Crippen LogP contribution in [-0.2, 0) is 15.3 Å². The van der Waals surface area contributed by atoms with Crippen LogP contribution in [0.1, 0.15) is 18.4 Å². The van der Waals surface area contributed by atoms with Gasteiger partial charge >= 0.3 is 0 Å². The number of nitrogens with zero attached hydrogens (tertiary/aromatic N) is 1. The first-order valence-corrected chi connectivity index (χ1v) is 8.38. The van der Waals surface area contributed by atoms with E-state index in [-0.39, 0.29) is 17.8 Å². The third kappa shape index (κ3) is 2.37. The molecule has 0 bridgehead atoms. The number of hydrogen-bond donors (Lipinski definition) is 1. The van der Waals surface area contributed by atoms with Gasteiger partial charge in [-0.05, 0) is 18.4 Å².